The number of aromatic nitrogens is 4. The first-order chi connectivity index (χ1) is 13.9. The van der Waals surface area contributed by atoms with Gasteiger partial charge < -0.3 is 24.6 Å². The summed E-state index contributed by atoms with van der Waals surface area (Å²) < 4.78 is 8.60. The maximum atomic E-state index is 12.7. The van der Waals surface area contributed by atoms with Gasteiger partial charge in [-0.2, -0.15) is 5.10 Å². The fourth-order valence-corrected chi connectivity index (χ4v) is 4.29. The molecule has 0 radical (unpaired) electrons. The third-order valence-corrected chi connectivity index (χ3v) is 5.76. The molecular formula is C17H16N6O5S. The molecule has 11 nitrogen and oxygen atoms in total. The second kappa shape index (κ2) is 6.39. The first kappa shape index (κ1) is 17.8. The lowest BCUT2D eigenvalue weighted by Gasteiger charge is -2.33. The normalized spacial score (nSPS) is 20.7. The van der Waals surface area contributed by atoms with Gasteiger partial charge in [0.2, 0.25) is 10.4 Å². The van der Waals surface area contributed by atoms with E-state index >= 15 is 0 Å². The maximum Gasteiger partial charge on any atom is 0.276 e. The number of amides is 2. The first-order valence-electron chi connectivity index (χ1n) is 8.90. The molecule has 2 N–H and O–H groups in total. The number of carbonyl (C=O) groups is 2. The molecule has 29 heavy (non-hydrogen) atoms. The number of nitrogens with one attached hydrogen (secondary N) is 1. The fraction of sp³-hybridized carbons (Fsp3) is 0.353. The molecule has 0 spiro atoms. The second-order valence-electron chi connectivity index (χ2n) is 6.95. The summed E-state index contributed by atoms with van der Waals surface area (Å²) in [4.78, 5) is 44.4. The summed E-state index contributed by atoms with van der Waals surface area (Å²) in [7, 11) is 0. The van der Waals surface area contributed by atoms with Gasteiger partial charge in [-0.1, -0.05) is 11.3 Å². The van der Waals surface area contributed by atoms with Crippen LogP contribution in [0.25, 0.3) is 4.96 Å². The summed E-state index contributed by atoms with van der Waals surface area (Å²) in [6.45, 7) is 2.52. The van der Waals surface area contributed by atoms with Crippen LogP contribution in [0.2, 0.25) is 0 Å². The van der Waals surface area contributed by atoms with Gasteiger partial charge in [0.25, 0.3) is 11.8 Å². The number of ether oxygens (including phenoxy) is 1. The molecule has 1 saturated heterocycles. The molecule has 3 aromatic rings. The van der Waals surface area contributed by atoms with E-state index in [1.165, 1.54) is 27.0 Å². The van der Waals surface area contributed by atoms with Crippen molar-refractivity contribution in [2.45, 2.75) is 32.3 Å². The third-order valence-electron chi connectivity index (χ3n) is 5.07. The van der Waals surface area contributed by atoms with Gasteiger partial charge in [0.15, 0.2) is 17.7 Å². The first-order valence-corrected chi connectivity index (χ1v) is 9.78. The highest BCUT2D eigenvalue weighted by atomic mass is 32.1. The smallest absolute Gasteiger partial charge is 0.276 e. The van der Waals surface area contributed by atoms with Crippen LogP contribution in [0.1, 0.15) is 33.5 Å². The van der Waals surface area contributed by atoms with Crippen LogP contribution in [0.15, 0.2) is 22.7 Å². The minimum absolute atomic E-state index is 0.0901. The Morgan fingerprint density at radius 1 is 1.41 bits per heavy atom. The maximum absolute atomic E-state index is 12.7. The number of nitrogens with zero attached hydrogens (tertiary/aromatic N) is 5. The highest BCUT2D eigenvalue weighted by Gasteiger charge is 2.42. The Morgan fingerprint density at radius 3 is 3.03 bits per heavy atom. The van der Waals surface area contributed by atoms with Gasteiger partial charge in [0.1, 0.15) is 11.1 Å². The van der Waals surface area contributed by atoms with E-state index < -0.39 is 29.2 Å². The van der Waals surface area contributed by atoms with Crippen molar-refractivity contribution < 1.29 is 19.4 Å². The highest BCUT2D eigenvalue weighted by molar-refractivity contribution is 7.14. The Morgan fingerprint density at radius 2 is 2.24 bits per heavy atom. The predicted octanol–water partition coefficient (Wildman–Crippen LogP) is -0.211. The molecule has 0 saturated carbocycles. The molecule has 2 atom stereocenters. The zero-order chi connectivity index (χ0) is 20.3. The number of imidazole rings is 1. The lowest BCUT2D eigenvalue weighted by atomic mass is 10.1. The summed E-state index contributed by atoms with van der Waals surface area (Å²) >= 11 is 1.36. The number of fused-ring (bicyclic) bond motifs is 3. The molecule has 1 fully saturated rings. The van der Waals surface area contributed by atoms with Gasteiger partial charge >= 0.3 is 0 Å². The Kier molecular flexibility index (Phi) is 3.93. The molecule has 0 bridgehead atoms. The molecule has 2 aliphatic rings. The molecule has 150 valence electrons. The van der Waals surface area contributed by atoms with E-state index in [9.17, 15) is 19.5 Å². The van der Waals surface area contributed by atoms with Crippen molar-refractivity contribution in [3.8, 4) is 5.75 Å². The topological polar surface area (TPSA) is 131 Å². The van der Waals surface area contributed by atoms with Crippen molar-refractivity contribution in [2.75, 3.05) is 6.61 Å². The summed E-state index contributed by atoms with van der Waals surface area (Å²) in [6, 6.07) is -0.155. The lowest BCUT2D eigenvalue weighted by Crippen LogP contribution is -2.49. The molecule has 0 unspecified atom stereocenters. The number of rotatable bonds is 3. The average Bonchev–Trinajstić information content (AvgIpc) is 3.37. The van der Waals surface area contributed by atoms with Crippen LogP contribution in [-0.4, -0.2) is 59.9 Å². The van der Waals surface area contributed by atoms with Gasteiger partial charge in [0, 0.05) is 6.20 Å². The summed E-state index contributed by atoms with van der Waals surface area (Å²) in [5, 5.41) is 17.1. The van der Waals surface area contributed by atoms with Crippen molar-refractivity contribution in [3.63, 3.8) is 0 Å². The molecule has 2 amide bonds. The van der Waals surface area contributed by atoms with Gasteiger partial charge in [-0.3, -0.25) is 14.4 Å². The van der Waals surface area contributed by atoms with Crippen LogP contribution in [0, 0.1) is 0 Å². The molecule has 0 aliphatic carbocycles. The quantitative estimate of drug-likeness (QED) is 0.604. The van der Waals surface area contributed by atoms with E-state index in [-0.39, 0.29) is 30.4 Å². The van der Waals surface area contributed by atoms with Crippen LogP contribution in [0.5, 0.6) is 5.75 Å². The monoisotopic (exact) mass is 416 g/mol. The largest absolute Gasteiger partial charge is 0.503 e. The fourth-order valence-electron chi connectivity index (χ4n) is 3.67. The molecule has 0 aromatic carbocycles. The molecule has 2 aliphatic heterocycles. The molecule has 3 aromatic heterocycles. The van der Waals surface area contributed by atoms with Gasteiger partial charge in [-0.25, -0.2) is 9.50 Å². The Labute approximate surface area is 167 Å². The van der Waals surface area contributed by atoms with Crippen molar-refractivity contribution in [3.05, 3.63) is 45.1 Å². The summed E-state index contributed by atoms with van der Waals surface area (Å²) in [5.41, 5.74) is 0.969. The third kappa shape index (κ3) is 2.71. The molecule has 12 heteroatoms. The van der Waals surface area contributed by atoms with Gasteiger partial charge in [-0.15, -0.1) is 0 Å². The lowest BCUT2D eigenvalue weighted by molar-refractivity contribution is 0.00624. The standard InChI is InChI=1S/C17H16N6O5S/c1-8-6-28-11-5-21-4-10(13(24)14(25)12(21)16(27)23(8)11)15(26)18-2-9-3-22-17(20-9)29-7-19-22/h3-4,7-8,11,25H,2,5-6H2,1H3,(H,18,26)/t8-,11+/m0/s1. The van der Waals surface area contributed by atoms with E-state index in [1.54, 1.807) is 16.2 Å². The Balaban J connectivity index is 1.43. The van der Waals surface area contributed by atoms with Crippen LogP contribution in [0.3, 0.4) is 0 Å². The van der Waals surface area contributed by atoms with Crippen molar-refractivity contribution in [1.29, 1.82) is 0 Å². The van der Waals surface area contributed by atoms with Gasteiger partial charge in [0.05, 0.1) is 37.6 Å². The minimum Gasteiger partial charge on any atom is -0.503 e. The highest BCUT2D eigenvalue weighted by Crippen LogP contribution is 2.29. The second-order valence-corrected chi connectivity index (χ2v) is 7.76. The molecule has 5 rings (SSSR count). The zero-order valence-corrected chi connectivity index (χ0v) is 16.0. The van der Waals surface area contributed by atoms with E-state index in [4.69, 9.17) is 4.74 Å². The molecular weight excluding hydrogens is 400 g/mol. The zero-order valence-electron chi connectivity index (χ0n) is 15.2. The van der Waals surface area contributed by atoms with Gasteiger partial charge in [-0.05, 0) is 6.92 Å². The number of pyridine rings is 1. The van der Waals surface area contributed by atoms with Crippen molar-refractivity contribution in [1.82, 2.24) is 29.4 Å². The summed E-state index contributed by atoms with van der Waals surface area (Å²) in [6.07, 6.45) is 2.48. The summed E-state index contributed by atoms with van der Waals surface area (Å²) in [5.74, 6) is -1.88. The van der Waals surface area contributed by atoms with Crippen LogP contribution in [-0.2, 0) is 17.8 Å². The van der Waals surface area contributed by atoms with E-state index in [0.717, 1.165) is 0 Å². The number of hydrogen-bond acceptors (Lipinski definition) is 8. The van der Waals surface area contributed by atoms with Crippen LogP contribution in [0.4, 0.5) is 0 Å². The van der Waals surface area contributed by atoms with Crippen molar-refractivity contribution >= 4 is 28.1 Å². The SMILES string of the molecule is C[C@H]1CO[C@@H]2Cn3cc(C(=O)NCc4cn5ncsc5n4)c(=O)c(O)c3C(=O)N12. The molecule has 5 heterocycles. The number of hydrogen-bond donors (Lipinski definition) is 2. The van der Waals surface area contributed by atoms with Crippen molar-refractivity contribution in [2.24, 2.45) is 0 Å². The van der Waals surface area contributed by atoms with Crippen LogP contribution >= 0.6 is 11.3 Å². The Hall–Kier alpha value is -3.25. The minimum atomic E-state index is -0.888. The van der Waals surface area contributed by atoms with E-state index in [2.05, 4.69) is 15.4 Å². The average molecular weight is 416 g/mol. The Bertz CT molecular complexity index is 1180. The van der Waals surface area contributed by atoms with E-state index in [1.807, 2.05) is 6.92 Å². The number of carbonyl (C=O) groups excluding carboxylic acids is 2. The van der Waals surface area contributed by atoms with Crippen LogP contribution < -0.4 is 10.7 Å². The van der Waals surface area contributed by atoms with E-state index in [0.29, 0.717) is 17.3 Å². The number of aromatic hydroxyl groups is 1. The predicted molar refractivity (Wildman–Crippen MR) is 99.8 cm³/mol.